The van der Waals surface area contributed by atoms with Gasteiger partial charge in [-0.05, 0) is 50.8 Å². The molecular formula is C20H32Br2OS. The Morgan fingerprint density at radius 2 is 1.42 bits per heavy atom. The number of halogens is 2. The van der Waals surface area contributed by atoms with Gasteiger partial charge in [0.1, 0.15) is 0 Å². The van der Waals surface area contributed by atoms with Crippen LogP contribution < -0.4 is 0 Å². The summed E-state index contributed by atoms with van der Waals surface area (Å²) in [4.78, 5) is 13.8. The Kier molecular flexibility index (Phi) is 12.6. The summed E-state index contributed by atoms with van der Waals surface area (Å²) >= 11 is 8.58. The number of carbonyl (C=O) groups is 1. The van der Waals surface area contributed by atoms with Crippen LogP contribution in [0, 0.1) is 5.92 Å². The molecule has 0 amide bonds. The minimum absolute atomic E-state index is 0.213. The molecule has 0 aliphatic heterocycles. The van der Waals surface area contributed by atoms with Gasteiger partial charge in [0.15, 0.2) is 5.78 Å². The first-order valence-corrected chi connectivity index (χ1v) is 12.0. The van der Waals surface area contributed by atoms with Crippen molar-refractivity contribution < 1.29 is 4.79 Å². The normalized spacial score (nSPS) is 12.5. The smallest absolute Gasteiger partial charge is 0.175 e. The minimum atomic E-state index is 0.213. The molecule has 1 aromatic rings. The summed E-state index contributed by atoms with van der Waals surface area (Å²) in [6.07, 6.45) is 14.9. The van der Waals surface area contributed by atoms with Gasteiger partial charge in [-0.15, -0.1) is 11.3 Å². The maximum Gasteiger partial charge on any atom is 0.175 e. The molecule has 1 rings (SSSR count). The maximum absolute atomic E-state index is 12.9. The molecule has 0 saturated carbocycles. The Bertz CT molecular complexity index is 451. The predicted molar refractivity (Wildman–Crippen MR) is 114 cm³/mol. The van der Waals surface area contributed by atoms with E-state index < -0.39 is 0 Å². The van der Waals surface area contributed by atoms with E-state index in [0.29, 0.717) is 5.78 Å². The number of hydrogen-bond donors (Lipinski definition) is 0. The van der Waals surface area contributed by atoms with Gasteiger partial charge in [0, 0.05) is 10.4 Å². The zero-order chi connectivity index (χ0) is 17.8. The van der Waals surface area contributed by atoms with Gasteiger partial charge in [-0.3, -0.25) is 4.79 Å². The highest BCUT2D eigenvalue weighted by atomic mass is 79.9. The molecule has 0 aromatic carbocycles. The van der Waals surface area contributed by atoms with Crippen molar-refractivity contribution in [2.75, 3.05) is 0 Å². The molecule has 0 spiro atoms. The van der Waals surface area contributed by atoms with E-state index in [4.69, 9.17) is 0 Å². The molecule has 0 bridgehead atoms. The molecular weight excluding hydrogens is 448 g/mol. The van der Waals surface area contributed by atoms with Crippen LogP contribution in [0.3, 0.4) is 0 Å². The average molecular weight is 480 g/mol. The molecule has 0 aliphatic rings. The first-order chi connectivity index (χ1) is 11.6. The lowest BCUT2D eigenvalue weighted by molar-refractivity contribution is 0.0906. The number of rotatable bonds is 14. The lowest BCUT2D eigenvalue weighted by atomic mass is 9.90. The van der Waals surface area contributed by atoms with Gasteiger partial charge in [-0.2, -0.15) is 0 Å². The molecule has 0 N–H and O–H groups in total. The fraction of sp³-hybridized carbons (Fsp3) is 0.750. The third kappa shape index (κ3) is 8.62. The first kappa shape index (κ1) is 22.4. The largest absolute Gasteiger partial charge is 0.293 e. The van der Waals surface area contributed by atoms with E-state index in [9.17, 15) is 4.79 Å². The third-order valence-electron chi connectivity index (χ3n) is 4.57. The Morgan fingerprint density at radius 3 is 1.92 bits per heavy atom. The number of ketones is 1. The Morgan fingerprint density at radius 1 is 0.917 bits per heavy atom. The van der Waals surface area contributed by atoms with E-state index in [-0.39, 0.29) is 5.92 Å². The minimum Gasteiger partial charge on any atom is -0.293 e. The monoisotopic (exact) mass is 478 g/mol. The molecule has 1 nitrogen and oxygen atoms in total. The summed E-state index contributed by atoms with van der Waals surface area (Å²) in [5.41, 5.74) is 0. The maximum atomic E-state index is 12.9. The number of thiophene rings is 1. The van der Waals surface area contributed by atoms with Gasteiger partial charge >= 0.3 is 0 Å². The second-order valence-corrected chi connectivity index (χ2v) is 9.92. The topological polar surface area (TPSA) is 17.1 Å². The van der Waals surface area contributed by atoms with Gasteiger partial charge in [-0.25, -0.2) is 0 Å². The Hall–Kier alpha value is 0.330. The molecule has 4 heteroatoms. The summed E-state index contributed by atoms with van der Waals surface area (Å²) < 4.78 is 2.02. The van der Waals surface area contributed by atoms with Gasteiger partial charge in [0.25, 0.3) is 0 Å². The number of hydrogen-bond acceptors (Lipinski definition) is 2. The van der Waals surface area contributed by atoms with Crippen molar-refractivity contribution in [2.45, 2.75) is 90.9 Å². The van der Waals surface area contributed by atoms with E-state index in [1.165, 1.54) is 64.2 Å². The molecule has 0 radical (unpaired) electrons. The summed E-state index contributed by atoms with van der Waals surface area (Å²) in [7, 11) is 0. The van der Waals surface area contributed by atoms with Gasteiger partial charge in [0.05, 0.1) is 8.66 Å². The molecule has 1 unspecified atom stereocenters. The molecule has 0 fully saturated rings. The molecule has 138 valence electrons. The van der Waals surface area contributed by atoms with Crippen LogP contribution in [0.4, 0.5) is 0 Å². The first-order valence-electron chi connectivity index (χ1n) is 9.59. The zero-order valence-corrected chi connectivity index (χ0v) is 19.2. The standard InChI is InChI=1S/C20H32Br2OS/c1-3-5-7-9-10-12-14-16(13-11-8-6-4-2)19(23)18-15-17(21)20(22)24-18/h15-16H,3-14H2,1-2H3. The van der Waals surface area contributed by atoms with Crippen LogP contribution >= 0.6 is 43.2 Å². The van der Waals surface area contributed by atoms with Crippen molar-refractivity contribution in [3.05, 3.63) is 19.2 Å². The second kappa shape index (κ2) is 13.5. The molecule has 24 heavy (non-hydrogen) atoms. The van der Waals surface area contributed by atoms with E-state index in [0.717, 1.165) is 26.0 Å². The van der Waals surface area contributed by atoms with Crippen molar-refractivity contribution in [2.24, 2.45) is 5.92 Å². The highest BCUT2D eigenvalue weighted by Crippen LogP contribution is 2.35. The average Bonchev–Trinajstić information content (AvgIpc) is 2.91. The summed E-state index contributed by atoms with van der Waals surface area (Å²) in [5.74, 6) is 0.571. The Labute approximate surface area is 169 Å². The summed E-state index contributed by atoms with van der Waals surface area (Å²) in [6.45, 7) is 4.49. The zero-order valence-electron chi connectivity index (χ0n) is 15.2. The lowest BCUT2D eigenvalue weighted by Gasteiger charge is -2.15. The van der Waals surface area contributed by atoms with Crippen LogP contribution in [0.15, 0.2) is 14.3 Å². The van der Waals surface area contributed by atoms with E-state index in [1.807, 2.05) is 6.07 Å². The van der Waals surface area contributed by atoms with E-state index in [2.05, 4.69) is 45.7 Å². The van der Waals surface area contributed by atoms with Crippen LogP contribution in [-0.2, 0) is 0 Å². The van der Waals surface area contributed by atoms with Gasteiger partial charge in [0.2, 0.25) is 0 Å². The van der Waals surface area contributed by atoms with Crippen molar-refractivity contribution in [1.82, 2.24) is 0 Å². The summed E-state index contributed by atoms with van der Waals surface area (Å²) in [6, 6.07) is 1.98. The quantitative estimate of drug-likeness (QED) is 0.192. The van der Waals surface area contributed by atoms with E-state index >= 15 is 0 Å². The fourth-order valence-corrected chi connectivity index (χ4v) is 5.12. The fourth-order valence-electron chi connectivity index (χ4n) is 3.06. The van der Waals surface area contributed by atoms with Crippen molar-refractivity contribution in [3.8, 4) is 0 Å². The molecule has 1 atom stereocenters. The van der Waals surface area contributed by atoms with Crippen LogP contribution in [0.2, 0.25) is 0 Å². The summed E-state index contributed by atoms with van der Waals surface area (Å²) in [5, 5.41) is 0. The van der Waals surface area contributed by atoms with Gasteiger partial charge in [-0.1, -0.05) is 78.1 Å². The van der Waals surface area contributed by atoms with Crippen LogP contribution in [-0.4, -0.2) is 5.78 Å². The second-order valence-electron chi connectivity index (χ2n) is 6.70. The Balaban J connectivity index is 2.51. The highest BCUT2D eigenvalue weighted by molar-refractivity contribution is 9.13. The molecule has 1 aromatic heterocycles. The van der Waals surface area contributed by atoms with Crippen molar-refractivity contribution in [3.63, 3.8) is 0 Å². The molecule has 0 saturated heterocycles. The lowest BCUT2D eigenvalue weighted by Crippen LogP contribution is -2.14. The van der Waals surface area contributed by atoms with Crippen molar-refractivity contribution >= 4 is 49.0 Å². The number of carbonyl (C=O) groups excluding carboxylic acids is 1. The highest BCUT2D eigenvalue weighted by Gasteiger charge is 2.22. The predicted octanol–water partition coefficient (Wildman–Crippen LogP) is 8.79. The van der Waals surface area contributed by atoms with Crippen LogP contribution in [0.1, 0.15) is 101 Å². The SMILES string of the molecule is CCCCCCCCC(CCCCCC)C(=O)c1cc(Br)c(Br)s1. The van der Waals surface area contributed by atoms with Crippen LogP contribution in [0.5, 0.6) is 0 Å². The third-order valence-corrected chi connectivity index (χ3v) is 7.84. The van der Waals surface area contributed by atoms with Crippen LogP contribution in [0.25, 0.3) is 0 Å². The number of unbranched alkanes of at least 4 members (excludes halogenated alkanes) is 8. The van der Waals surface area contributed by atoms with Gasteiger partial charge < -0.3 is 0 Å². The molecule has 1 heterocycles. The van der Waals surface area contributed by atoms with E-state index in [1.54, 1.807) is 11.3 Å². The molecule has 0 aliphatic carbocycles. The number of Topliss-reactive ketones (excluding diaryl/α,β-unsaturated/α-hetero) is 1. The van der Waals surface area contributed by atoms with Crippen molar-refractivity contribution in [1.29, 1.82) is 0 Å².